The van der Waals surface area contributed by atoms with Gasteiger partial charge in [0, 0.05) is 10.7 Å². The zero-order chi connectivity index (χ0) is 22.2. The highest BCUT2D eigenvalue weighted by atomic mass is 35.5. The summed E-state index contributed by atoms with van der Waals surface area (Å²) in [5.41, 5.74) is 2.97. The van der Waals surface area contributed by atoms with Crippen molar-refractivity contribution in [1.29, 1.82) is 0 Å². The Bertz CT molecular complexity index is 1390. The first kappa shape index (κ1) is 21.0. The van der Waals surface area contributed by atoms with Crippen LogP contribution >= 0.6 is 11.6 Å². The average molecular weight is 457 g/mol. The molecule has 0 atom stereocenters. The second-order valence-electron chi connectivity index (χ2n) is 7.06. The third kappa shape index (κ3) is 4.60. The molecule has 31 heavy (non-hydrogen) atoms. The van der Waals surface area contributed by atoms with Crippen LogP contribution in [-0.2, 0) is 10.0 Å². The topological polar surface area (TPSA) is 84.0 Å². The zero-order valence-electron chi connectivity index (χ0n) is 16.6. The molecule has 0 aliphatic heterocycles. The minimum absolute atomic E-state index is 0.00714. The Morgan fingerprint density at radius 1 is 0.871 bits per heavy atom. The lowest BCUT2D eigenvalue weighted by Gasteiger charge is -2.14. The molecule has 0 saturated carbocycles. The Morgan fingerprint density at radius 3 is 2.29 bits per heavy atom. The summed E-state index contributed by atoms with van der Waals surface area (Å²) in [6, 6.07) is 15.8. The number of aryl methyl sites for hydroxylation is 2. The van der Waals surface area contributed by atoms with Crippen molar-refractivity contribution in [3.63, 3.8) is 0 Å². The number of rotatable bonds is 5. The monoisotopic (exact) mass is 456 g/mol. The zero-order valence-corrected chi connectivity index (χ0v) is 18.2. The van der Waals surface area contributed by atoms with E-state index in [0.717, 1.165) is 5.56 Å². The van der Waals surface area contributed by atoms with Gasteiger partial charge in [-0.1, -0.05) is 23.7 Å². The molecule has 158 valence electrons. The van der Waals surface area contributed by atoms with Crippen molar-refractivity contribution in [1.82, 2.24) is 9.97 Å². The van der Waals surface area contributed by atoms with E-state index in [1.165, 1.54) is 30.3 Å². The number of halogens is 2. The van der Waals surface area contributed by atoms with Crippen molar-refractivity contribution in [2.45, 2.75) is 18.7 Å². The summed E-state index contributed by atoms with van der Waals surface area (Å²) in [5.74, 6) is -0.246. The van der Waals surface area contributed by atoms with Crippen molar-refractivity contribution in [2.24, 2.45) is 0 Å². The molecule has 2 N–H and O–H groups in total. The Balaban J connectivity index is 1.80. The van der Waals surface area contributed by atoms with Gasteiger partial charge in [-0.2, -0.15) is 0 Å². The van der Waals surface area contributed by atoms with E-state index in [-0.39, 0.29) is 16.5 Å². The van der Waals surface area contributed by atoms with Crippen molar-refractivity contribution < 1.29 is 12.8 Å². The lowest BCUT2D eigenvalue weighted by molar-refractivity contribution is 0.601. The SMILES string of the molecule is Cc1ccc2nc(NS(=O)(=O)c3ccc(Cl)cc3)c(Nc3ccc(C)c(F)c3)nc2c1. The van der Waals surface area contributed by atoms with E-state index < -0.39 is 15.8 Å². The van der Waals surface area contributed by atoms with Crippen LogP contribution in [0.4, 0.5) is 21.7 Å². The minimum atomic E-state index is -3.96. The number of hydrogen-bond donors (Lipinski definition) is 2. The lowest BCUT2D eigenvalue weighted by Crippen LogP contribution is -2.16. The highest BCUT2D eigenvalue weighted by molar-refractivity contribution is 7.92. The van der Waals surface area contributed by atoms with E-state index in [9.17, 15) is 12.8 Å². The molecule has 3 aromatic carbocycles. The first-order chi connectivity index (χ1) is 14.7. The van der Waals surface area contributed by atoms with Gasteiger partial charge in [0.1, 0.15) is 5.82 Å². The smallest absolute Gasteiger partial charge is 0.263 e. The number of anilines is 3. The van der Waals surface area contributed by atoms with Gasteiger partial charge < -0.3 is 5.32 Å². The molecule has 0 bridgehead atoms. The highest BCUT2D eigenvalue weighted by Gasteiger charge is 2.19. The molecule has 1 heterocycles. The van der Waals surface area contributed by atoms with Crippen LogP contribution in [0.2, 0.25) is 5.02 Å². The van der Waals surface area contributed by atoms with E-state index in [2.05, 4.69) is 20.0 Å². The molecule has 6 nitrogen and oxygen atoms in total. The van der Waals surface area contributed by atoms with Crippen molar-refractivity contribution >= 4 is 50.0 Å². The van der Waals surface area contributed by atoms with Gasteiger partial charge in [0.15, 0.2) is 11.6 Å². The minimum Gasteiger partial charge on any atom is -0.337 e. The van der Waals surface area contributed by atoms with Gasteiger partial charge in [0.2, 0.25) is 0 Å². The first-order valence-electron chi connectivity index (χ1n) is 9.31. The second-order valence-corrected chi connectivity index (χ2v) is 9.18. The Labute approximate surface area is 184 Å². The van der Waals surface area contributed by atoms with Gasteiger partial charge in [0.05, 0.1) is 15.9 Å². The third-order valence-electron chi connectivity index (χ3n) is 4.61. The van der Waals surface area contributed by atoms with Gasteiger partial charge in [-0.3, -0.25) is 4.72 Å². The molecule has 1 aromatic heterocycles. The third-order valence-corrected chi connectivity index (χ3v) is 6.22. The molecule has 0 amide bonds. The van der Waals surface area contributed by atoms with Crippen LogP contribution in [0.25, 0.3) is 11.0 Å². The number of nitrogens with zero attached hydrogens (tertiary/aromatic N) is 2. The molecule has 0 aliphatic carbocycles. The Hall–Kier alpha value is -3.23. The number of sulfonamides is 1. The number of benzene rings is 3. The maximum absolute atomic E-state index is 14.0. The largest absolute Gasteiger partial charge is 0.337 e. The standard InChI is InChI=1S/C22H18ClFN4O2S/c1-13-3-10-19-20(11-13)27-21(25-16-7-4-14(2)18(24)12-16)22(26-19)28-31(29,30)17-8-5-15(23)6-9-17/h3-12H,1-2H3,(H,25,27)(H,26,28). The fourth-order valence-electron chi connectivity index (χ4n) is 2.93. The lowest BCUT2D eigenvalue weighted by atomic mass is 10.2. The van der Waals surface area contributed by atoms with Crippen molar-refractivity contribution in [3.05, 3.63) is 82.6 Å². The van der Waals surface area contributed by atoms with Gasteiger partial charge in [0.25, 0.3) is 10.0 Å². The molecule has 0 aliphatic rings. The van der Waals surface area contributed by atoms with E-state index >= 15 is 0 Å². The molecule has 0 fully saturated rings. The molecular formula is C22H18ClFN4O2S. The molecule has 0 radical (unpaired) electrons. The molecule has 0 unspecified atom stereocenters. The predicted molar refractivity (Wildman–Crippen MR) is 121 cm³/mol. The summed E-state index contributed by atoms with van der Waals surface area (Å²) < 4.78 is 42.3. The molecule has 0 spiro atoms. The Kier molecular flexibility index (Phi) is 5.51. The van der Waals surface area contributed by atoms with Gasteiger partial charge >= 0.3 is 0 Å². The van der Waals surface area contributed by atoms with Crippen LogP contribution in [0.5, 0.6) is 0 Å². The number of aromatic nitrogens is 2. The van der Waals surface area contributed by atoms with Crippen molar-refractivity contribution in [2.75, 3.05) is 10.0 Å². The van der Waals surface area contributed by atoms with Gasteiger partial charge in [-0.15, -0.1) is 0 Å². The summed E-state index contributed by atoms with van der Waals surface area (Å²) in [4.78, 5) is 9.00. The van der Waals surface area contributed by atoms with E-state index in [1.807, 2.05) is 19.1 Å². The van der Waals surface area contributed by atoms with E-state index in [4.69, 9.17) is 11.6 Å². The van der Waals surface area contributed by atoms with E-state index in [1.54, 1.807) is 25.1 Å². The Morgan fingerprint density at radius 2 is 1.58 bits per heavy atom. The number of hydrogen-bond acceptors (Lipinski definition) is 5. The predicted octanol–water partition coefficient (Wildman–Crippen LogP) is 5.58. The van der Waals surface area contributed by atoms with Gasteiger partial charge in [-0.25, -0.2) is 22.8 Å². The summed E-state index contributed by atoms with van der Waals surface area (Å²) in [7, 11) is -3.96. The van der Waals surface area contributed by atoms with Crippen LogP contribution in [-0.4, -0.2) is 18.4 Å². The molecule has 4 rings (SSSR count). The van der Waals surface area contributed by atoms with Crippen LogP contribution in [0.15, 0.2) is 65.6 Å². The maximum atomic E-state index is 14.0. The van der Waals surface area contributed by atoms with Crippen LogP contribution in [0, 0.1) is 19.7 Å². The van der Waals surface area contributed by atoms with E-state index in [0.29, 0.717) is 27.3 Å². The number of nitrogens with one attached hydrogen (secondary N) is 2. The first-order valence-corrected chi connectivity index (χ1v) is 11.2. The fourth-order valence-corrected chi connectivity index (χ4v) is 4.07. The maximum Gasteiger partial charge on any atom is 0.263 e. The average Bonchev–Trinajstić information content (AvgIpc) is 2.71. The van der Waals surface area contributed by atoms with Crippen molar-refractivity contribution in [3.8, 4) is 0 Å². The quantitative estimate of drug-likeness (QED) is 0.409. The molecule has 4 aromatic rings. The van der Waals surface area contributed by atoms with Crippen LogP contribution in [0.3, 0.4) is 0 Å². The summed E-state index contributed by atoms with van der Waals surface area (Å²) in [6.07, 6.45) is 0. The summed E-state index contributed by atoms with van der Waals surface area (Å²) in [5, 5.41) is 3.39. The molecule has 9 heteroatoms. The fraction of sp³-hybridized carbons (Fsp3) is 0.0909. The summed E-state index contributed by atoms with van der Waals surface area (Å²) >= 11 is 5.86. The normalized spacial score (nSPS) is 11.5. The summed E-state index contributed by atoms with van der Waals surface area (Å²) in [6.45, 7) is 3.57. The van der Waals surface area contributed by atoms with Gasteiger partial charge in [-0.05, 0) is 73.5 Å². The van der Waals surface area contributed by atoms with Crippen LogP contribution in [0.1, 0.15) is 11.1 Å². The molecular weight excluding hydrogens is 439 g/mol. The second kappa shape index (κ2) is 8.13. The number of fused-ring (bicyclic) bond motifs is 1. The van der Waals surface area contributed by atoms with Crippen LogP contribution < -0.4 is 10.0 Å². The highest BCUT2D eigenvalue weighted by Crippen LogP contribution is 2.28. The molecule has 0 saturated heterocycles.